The van der Waals surface area contributed by atoms with Gasteiger partial charge in [0, 0.05) is 44.8 Å². The van der Waals surface area contributed by atoms with Crippen molar-refractivity contribution in [2.45, 2.75) is 52.6 Å². The molecule has 0 aromatic rings. The summed E-state index contributed by atoms with van der Waals surface area (Å²) in [5.74, 6) is 1.54. The van der Waals surface area contributed by atoms with Crippen LogP contribution in [0.2, 0.25) is 0 Å². The third-order valence-corrected chi connectivity index (χ3v) is 5.23. The summed E-state index contributed by atoms with van der Waals surface area (Å²) in [4.78, 5) is 9.99. The molecule has 1 saturated heterocycles. The highest BCUT2D eigenvalue weighted by Crippen LogP contribution is 2.25. The lowest BCUT2D eigenvalue weighted by Gasteiger charge is -2.36. The smallest absolute Gasteiger partial charge is 0.191 e. The fourth-order valence-electron chi connectivity index (χ4n) is 3.54. The van der Waals surface area contributed by atoms with Crippen molar-refractivity contribution in [3.8, 4) is 0 Å². The largest absolute Gasteiger partial charge is 0.379 e. The van der Waals surface area contributed by atoms with Crippen LogP contribution in [-0.4, -0.2) is 86.9 Å². The van der Waals surface area contributed by atoms with Crippen molar-refractivity contribution in [2.24, 2.45) is 10.9 Å². The van der Waals surface area contributed by atoms with E-state index in [1.807, 2.05) is 0 Å². The highest BCUT2D eigenvalue weighted by molar-refractivity contribution is 14.0. The quantitative estimate of drug-likeness (QED) is 0.284. The lowest BCUT2D eigenvalue weighted by atomic mass is 10.0. The van der Waals surface area contributed by atoms with Crippen LogP contribution < -0.4 is 10.6 Å². The summed E-state index contributed by atoms with van der Waals surface area (Å²) in [5, 5.41) is 6.91. The molecular weight excluding hydrogens is 441 g/mol. The third-order valence-electron chi connectivity index (χ3n) is 5.23. The molecule has 1 aliphatic heterocycles. The number of nitrogens with zero attached hydrogens (tertiary/aromatic N) is 3. The minimum absolute atomic E-state index is 0. The Bertz CT molecular complexity index is 397. The van der Waals surface area contributed by atoms with Gasteiger partial charge in [0.1, 0.15) is 0 Å². The average molecular weight is 481 g/mol. The molecule has 1 atom stereocenters. The number of morpholine rings is 1. The Labute approximate surface area is 177 Å². The SMILES string of the molecule is CCNC(=NCC(C(C)C)N1CCOCC1)NCCN(CC)C1CC1.I. The second-order valence-corrected chi connectivity index (χ2v) is 7.47. The molecule has 0 bridgehead atoms. The van der Waals surface area contributed by atoms with Gasteiger partial charge in [-0.3, -0.25) is 14.8 Å². The number of hydrogen-bond acceptors (Lipinski definition) is 4. The topological polar surface area (TPSA) is 52.1 Å². The lowest BCUT2D eigenvalue weighted by molar-refractivity contribution is 0.00867. The van der Waals surface area contributed by atoms with Crippen molar-refractivity contribution in [3.05, 3.63) is 0 Å². The molecule has 0 aromatic carbocycles. The molecule has 0 radical (unpaired) electrons. The van der Waals surface area contributed by atoms with Gasteiger partial charge in [0.15, 0.2) is 5.96 Å². The summed E-state index contributed by atoms with van der Waals surface area (Å²) in [6.07, 6.45) is 2.75. The van der Waals surface area contributed by atoms with E-state index in [1.54, 1.807) is 0 Å². The Hall–Kier alpha value is -0.120. The van der Waals surface area contributed by atoms with E-state index in [0.29, 0.717) is 12.0 Å². The van der Waals surface area contributed by atoms with Gasteiger partial charge in [0.25, 0.3) is 0 Å². The van der Waals surface area contributed by atoms with Crippen molar-refractivity contribution in [3.63, 3.8) is 0 Å². The molecule has 154 valence electrons. The molecular formula is C19H40IN5O. The van der Waals surface area contributed by atoms with E-state index in [-0.39, 0.29) is 24.0 Å². The summed E-state index contributed by atoms with van der Waals surface area (Å²) in [6.45, 7) is 17.7. The third kappa shape index (κ3) is 8.27. The number of nitrogens with one attached hydrogen (secondary N) is 2. The van der Waals surface area contributed by atoms with Gasteiger partial charge in [-0.05, 0) is 32.2 Å². The van der Waals surface area contributed by atoms with Crippen LogP contribution in [-0.2, 0) is 4.74 Å². The Morgan fingerprint density at radius 3 is 2.42 bits per heavy atom. The number of likely N-dealkylation sites (N-methyl/N-ethyl adjacent to an activating group) is 1. The molecule has 2 fully saturated rings. The maximum Gasteiger partial charge on any atom is 0.191 e. The number of ether oxygens (including phenoxy) is 1. The second-order valence-electron chi connectivity index (χ2n) is 7.47. The standard InChI is InChI=1S/C19H39N5O.HI/c1-5-20-19(21-9-10-23(6-2)17-7-8-17)22-15-18(16(3)4)24-11-13-25-14-12-24;/h16-18H,5-15H2,1-4H3,(H2,20,21,22);1H. The first kappa shape index (κ1) is 23.9. The predicted molar refractivity (Wildman–Crippen MR) is 121 cm³/mol. The highest BCUT2D eigenvalue weighted by atomic mass is 127. The van der Waals surface area contributed by atoms with Crippen LogP contribution in [0.3, 0.4) is 0 Å². The van der Waals surface area contributed by atoms with Crippen molar-refractivity contribution in [1.29, 1.82) is 0 Å². The zero-order valence-electron chi connectivity index (χ0n) is 17.2. The van der Waals surface area contributed by atoms with Gasteiger partial charge >= 0.3 is 0 Å². The van der Waals surface area contributed by atoms with Crippen molar-refractivity contribution in [1.82, 2.24) is 20.4 Å². The number of aliphatic imine (C=N–C) groups is 1. The highest BCUT2D eigenvalue weighted by Gasteiger charge is 2.27. The van der Waals surface area contributed by atoms with Crippen molar-refractivity contribution < 1.29 is 4.74 Å². The van der Waals surface area contributed by atoms with Crippen molar-refractivity contribution in [2.75, 3.05) is 59.0 Å². The van der Waals surface area contributed by atoms with Crippen LogP contribution in [0.5, 0.6) is 0 Å². The summed E-state index contributed by atoms with van der Waals surface area (Å²) in [6, 6.07) is 1.32. The van der Waals surface area contributed by atoms with Gasteiger partial charge in [-0.1, -0.05) is 20.8 Å². The van der Waals surface area contributed by atoms with Crippen molar-refractivity contribution >= 4 is 29.9 Å². The predicted octanol–water partition coefficient (Wildman–Crippen LogP) is 2.00. The molecule has 0 aromatic heterocycles. The minimum atomic E-state index is 0. The van der Waals surface area contributed by atoms with E-state index in [1.165, 1.54) is 12.8 Å². The molecule has 2 aliphatic rings. The number of halogens is 1. The van der Waals surface area contributed by atoms with Gasteiger partial charge in [-0.25, -0.2) is 0 Å². The molecule has 1 aliphatic carbocycles. The Morgan fingerprint density at radius 1 is 1.19 bits per heavy atom. The molecule has 26 heavy (non-hydrogen) atoms. The van der Waals surface area contributed by atoms with E-state index in [9.17, 15) is 0 Å². The number of guanidine groups is 1. The molecule has 0 amide bonds. The van der Waals surface area contributed by atoms with Crippen LogP contribution in [0.4, 0.5) is 0 Å². The van der Waals surface area contributed by atoms with Gasteiger partial charge in [0.05, 0.1) is 19.8 Å². The average Bonchev–Trinajstić information content (AvgIpc) is 3.44. The van der Waals surface area contributed by atoms with Crippen LogP contribution in [0.25, 0.3) is 0 Å². The maximum absolute atomic E-state index is 5.50. The van der Waals surface area contributed by atoms with E-state index in [2.05, 4.69) is 48.1 Å². The molecule has 1 saturated carbocycles. The number of rotatable bonds is 10. The summed E-state index contributed by atoms with van der Waals surface area (Å²) < 4.78 is 5.50. The van der Waals surface area contributed by atoms with Gasteiger partial charge in [-0.2, -0.15) is 0 Å². The molecule has 2 rings (SSSR count). The zero-order valence-corrected chi connectivity index (χ0v) is 19.5. The summed E-state index contributed by atoms with van der Waals surface area (Å²) in [5.41, 5.74) is 0. The first-order valence-corrected chi connectivity index (χ1v) is 10.2. The molecule has 0 spiro atoms. The van der Waals surface area contributed by atoms with Gasteiger partial charge < -0.3 is 15.4 Å². The van der Waals surface area contributed by atoms with Crippen LogP contribution in [0.1, 0.15) is 40.5 Å². The summed E-state index contributed by atoms with van der Waals surface area (Å²) >= 11 is 0. The summed E-state index contributed by atoms with van der Waals surface area (Å²) in [7, 11) is 0. The fraction of sp³-hybridized carbons (Fsp3) is 0.947. The van der Waals surface area contributed by atoms with E-state index in [0.717, 1.165) is 71.0 Å². The minimum Gasteiger partial charge on any atom is -0.379 e. The van der Waals surface area contributed by atoms with Crippen LogP contribution >= 0.6 is 24.0 Å². The fourth-order valence-corrected chi connectivity index (χ4v) is 3.54. The first-order chi connectivity index (χ1) is 12.2. The zero-order chi connectivity index (χ0) is 18.1. The lowest BCUT2D eigenvalue weighted by Crippen LogP contribution is -2.48. The molecule has 2 N–H and O–H groups in total. The Balaban J connectivity index is 0.00000338. The van der Waals surface area contributed by atoms with Crippen LogP contribution in [0, 0.1) is 5.92 Å². The van der Waals surface area contributed by atoms with E-state index >= 15 is 0 Å². The molecule has 1 heterocycles. The Kier molecular flexibility index (Phi) is 12.1. The first-order valence-electron chi connectivity index (χ1n) is 10.2. The molecule has 1 unspecified atom stereocenters. The Morgan fingerprint density at radius 2 is 1.88 bits per heavy atom. The monoisotopic (exact) mass is 481 g/mol. The number of hydrogen-bond donors (Lipinski definition) is 2. The second kappa shape index (κ2) is 13.1. The molecule has 6 nitrogen and oxygen atoms in total. The van der Waals surface area contributed by atoms with E-state index in [4.69, 9.17) is 9.73 Å². The van der Waals surface area contributed by atoms with E-state index < -0.39 is 0 Å². The van der Waals surface area contributed by atoms with Gasteiger partial charge in [-0.15, -0.1) is 24.0 Å². The van der Waals surface area contributed by atoms with Gasteiger partial charge in [0.2, 0.25) is 0 Å². The molecule has 7 heteroatoms. The maximum atomic E-state index is 5.50. The van der Waals surface area contributed by atoms with Crippen LogP contribution in [0.15, 0.2) is 4.99 Å². The normalized spacial score (nSPS) is 20.2.